The van der Waals surface area contributed by atoms with Crippen molar-refractivity contribution in [2.45, 2.75) is 25.0 Å². The molecule has 0 saturated carbocycles. The van der Waals surface area contributed by atoms with Gasteiger partial charge in [0.1, 0.15) is 6.04 Å². The molecule has 0 aliphatic carbocycles. The van der Waals surface area contributed by atoms with E-state index in [1.807, 2.05) is 29.7 Å². The fourth-order valence-corrected chi connectivity index (χ4v) is 2.86. The highest BCUT2D eigenvalue weighted by molar-refractivity contribution is 7.99. The molecule has 0 fully saturated rings. The summed E-state index contributed by atoms with van der Waals surface area (Å²) in [6.07, 6.45) is 3.43. The van der Waals surface area contributed by atoms with Gasteiger partial charge in [0.25, 0.3) is 0 Å². The molecule has 23 heavy (non-hydrogen) atoms. The van der Waals surface area contributed by atoms with Gasteiger partial charge in [0.05, 0.1) is 11.4 Å². The highest BCUT2D eigenvalue weighted by Gasteiger charge is 2.16. The largest absolute Gasteiger partial charge is 0.480 e. The minimum atomic E-state index is -1.07. The number of carbonyl (C=O) groups is 2. The molecule has 0 unspecified atom stereocenters. The smallest absolute Gasteiger partial charge is 0.325 e. The molecule has 2 rings (SSSR count). The van der Waals surface area contributed by atoms with Gasteiger partial charge in [0.15, 0.2) is 5.16 Å². The monoisotopic (exact) mass is 353 g/mol. The van der Waals surface area contributed by atoms with Gasteiger partial charge in [-0.05, 0) is 31.5 Å². The molecule has 1 atom stereocenters. The fourth-order valence-electron chi connectivity index (χ4n) is 1.91. The zero-order valence-electron chi connectivity index (χ0n) is 12.6. The van der Waals surface area contributed by atoms with Gasteiger partial charge in [0.2, 0.25) is 5.91 Å². The summed E-state index contributed by atoms with van der Waals surface area (Å²) in [5.74, 6) is -1.35. The number of thioether (sulfide) groups is 1. The van der Waals surface area contributed by atoms with Gasteiger partial charge in [0, 0.05) is 17.4 Å². The molecule has 122 valence electrons. The number of carboxylic acids is 1. The number of nitrogens with zero attached hydrogens (tertiary/aromatic N) is 2. The lowest BCUT2D eigenvalue weighted by Crippen LogP contribution is -2.39. The third-order valence-corrected chi connectivity index (χ3v) is 4.56. The quantitative estimate of drug-likeness (QED) is 0.779. The first-order valence-electron chi connectivity index (χ1n) is 6.84. The molecular weight excluding hydrogens is 338 g/mol. The summed E-state index contributed by atoms with van der Waals surface area (Å²) in [5, 5.41) is 12.5. The number of aliphatic carboxylic acids is 1. The first-order chi connectivity index (χ1) is 10.9. The van der Waals surface area contributed by atoms with Crippen molar-refractivity contribution in [2.75, 3.05) is 5.75 Å². The molecule has 1 amide bonds. The van der Waals surface area contributed by atoms with Gasteiger partial charge in [-0.25, -0.2) is 4.98 Å². The molecule has 0 radical (unpaired) electrons. The highest BCUT2D eigenvalue weighted by Crippen LogP contribution is 2.26. The number of rotatable bonds is 6. The number of amides is 1. The Balaban J connectivity index is 2.09. The van der Waals surface area contributed by atoms with Gasteiger partial charge in [-0.15, -0.1) is 0 Å². The Bertz CT molecular complexity index is 733. The number of halogens is 1. The first-order valence-corrected chi connectivity index (χ1v) is 8.20. The Morgan fingerprint density at radius 3 is 2.91 bits per heavy atom. The SMILES string of the molecule is Cc1c(Cl)cccc1-n1ccnc1SCC(=O)N[C@@H](C)C(=O)O. The van der Waals surface area contributed by atoms with Crippen molar-refractivity contribution >= 4 is 35.2 Å². The second-order valence-electron chi connectivity index (χ2n) is 4.88. The standard InChI is InChI=1S/C15H16ClN3O3S/c1-9-11(16)4-3-5-12(9)19-7-6-17-15(19)23-8-13(20)18-10(2)14(21)22/h3-7,10H,8H2,1-2H3,(H,18,20)(H,21,22)/t10-/m0/s1. The number of nitrogens with one attached hydrogen (secondary N) is 1. The predicted octanol–water partition coefficient (Wildman–Crippen LogP) is 2.52. The van der Waals surface area contributed by atoms with Crippen molar-refractivity contribution in [2.24, 2.45) is 0 Å². The Morgan fingerprint density at radius 2 is 2.22 bits per heavy atom. The third-order valence-electron chi connectivity index (χ3n) is 3.19. The molecule has 8 heteroatoms. The fraction of sp³-hybridized carbons (Fsp3) is 0.267. The molecular formula is C15H16ClN3O3S. The topological polar surface area (TPSA) is 84.2 Å². The Morgan fingerprint density at radius 1 is 1.48 bits per heavy atom. The minimum Gasteiger partial charge on any atom is -0.480 e. The van der Waals surface area contributed by atoms with Crippen molar-refractivity contribution < 1.29 is 14.7 Å². The van der Waals surface area contributed by atoms with Gasteiger partial charge < -0.3 is 10.4 Å². The van der Waals surface area contributed by atoms with Crippen LogP contribution in [0.1, 0.15) is 12.5 Å². The molecule has 0 aliphatic heterocycles. The van der Waals surface area contributed by atoms with Crippen LogP contribution in [0.3, 0.4) is 0 Å². The van der Waals surface area contributed by atoms with E-state index in [-0.39, 0.29) is 11.7 Å². The van der Waals surface area contributed by atoms with Crippen LogP contribution in [0.25, 0.3) is 5.69 Å². The lowest BCUT2D eigenvalue weighted by Gasteiger charge is -2.12. The number of imidazole rings is 1. The van der Waals surface area contributed by atoms with E-state index in [4.69, 9.17) is 16.7 Å². The van der Waals surface area contributed by atoms with E-state index in [2.05, 4.69) is 10.3 Å². The third kappa shape index (κ3) is 4.27. The maximum Gasteiger partial charge on any atom is 0.325 e. The molecule has 6 nitrogen and oxygen atoms in total. The van der Waals surface area contributed by atoms with Crippen LogP contribution < -0.4 is 5.32 Å². The summed E-state index contributed by atoms with van der Waals surface area (Å²) in [7, 11) is 0. The molecule has 0 bridgehead atoms. The number of carboxylic acid groups (broad SMARTS) is 1. The Labute approximate surface area is 142 Å². The summed E-state index contributed by atoms with van der Waals surface area (Å²) in [5.41, 5.74) is 1.80. The molecule has 0 aliphatic rings. The maximum atomic E-state index is 11.8. The van der Waals surface area contributed by atoms with Gasteiger partial charge in [-0.1, -0.05) is 29.4 Å². The molecule has 0 spiro atoms. The lowest BCUT2D eigenvalue weighted by atomic mass is 10.2. The van der Waals surface area contributed by atoms with Crippen molar-refractivity contribution in [3.8, 4) is 5.69 Å². The number of aromatic nitrogens is 2. The second-order valence-corrected chi connectivity index (χ2v) is 6.23. The molecule has 0 saturated heterocycles. The van der Waals surface area contributed by atoms with E-state index in [1.54, 1.807) is 12.4 Å². The van der Waals surface area contributed by atoms with Crippen molar-refractivity contribution in [3.63, 3.8) is 0 Å². The summed E-state index contributed by atoms with van der Waals surface area (Å²) >= 11 is 7.37. The van der Waals surface area contributed by atoms with Crippen LogP contribution in [0.4, 0.5) is 0 Å². The van der Waals surface area contributed by atoms with E-state index in [9.17, 15) is 9.59 Å². The van der Waals surface area contributed by atoms with Crippen LogP contribution in [0.2, 0.25) is 5.02 Å². The van der Waals surface area contributed by atoms with Crippen molar-refractivity contribution in [3.05, 3.63) is 41.2 Å². The maximum absolute atomic E-state index is 11.8. The van der Waals surface area contributed by atoms with Crippen LogP contribution in [0.5, 0.6) is 0 Å². The molecule has 1 heterocycles. The van der Waals surface area contributed by atoms with Gasteiger partial charge in [-0.3, -0.25) is 14.2 Å². The van der Waals surface area contributed by atoms with E-state index < -0.39 is 12.0 Å². The van der Waals surface area contributed by atoms with Crippen LogP contribution in [0, 0.1) is 6.92 Å². The summed E-state index contributed by atoms with van der Waals surface area (Å²) in [6, 6.07) is 4.66. The van der Waals surface area contributed by atoms with E-state index in [1.165, 1.54) is 18.7 Å². The molecule has 1 aromatic heterocycles. The summed E-state index contributed by atoms with van der Waals surface area (Å²) < 4.78 is 1.85. The number of carbonyl (C=O) groups excluding carboxylic acids is 1. The van der Waals surface area contributed by atoms with Crippen LogP contribution in [-0.2, 0) is 9.59 Å². The summed E-state index contributed by atoms with van der Waals surface area (Å²) in [4.78, 5) is 26.7. The zero-order valence-corrected chi connectivity index (χ0v) is 14.2. The van der Waals surface area contributed by atoms with Crippen LogP contribution in [0.15, 0.2) is 35.7 Å². The van der Waals surface area contributed by atoms with E-state index in [0.29, 0.717) is 10.2 Å². The molecule has 2 N–H and O–H groups in total. The minimum absolute atomic E-state index is 0.0776. The molecule has 2 aromatic rings. The Kier molecular flexibility index (Phi) is 5.68. The van der Waals surface area contributed by atoms with Crippen LogP contribution in [-0.4, -0.2) is 38.3 Å². The second kappa shape index (κ2) is 7.52. The number of hydrogen-bond acceptors (Lipinski definition) is 4. The Hall–Kier alpha value is -1.99. The number of benzene rings is 1. The van der Waals surface area contributed by atoms with Gasteiger partial charge >= 0.3 is 5.97 Å². The van der Waals surface area contributed by atoms with Gasteiger partial charge in [-0.2, -0.15) is 0 Å². The predicted molar refractivity (Wildman–Crippen MR) is 89.3 cm³/mol. The normalized spacial score (nSPS) is 12.0. The first kappa shape index (κ1) is 17.4. The summed E-state index contributed by atoms with van der Waals surface area (Å²) in [6.45, 7) is 3.33. The average Bonchev–Trinajstić information content (AvgIpc) is 2.96. The highest BCUT2D eigenvalue weighted by atomic mass is 35.5. The van der Waals surface area contributed by atoms with Crippen LogP contribution >= 0.6 is 23.4 Å². The number of hydrogen-bond donors (Lipinski definition) is 2. The zero-order chi connectivity index (χ0) is 17.0. The van der Waals surface area contributed by atoms with E-state index in [0.717, 1.165) is 11.3 Å². The lowest BCUT2D eigenvalue weighted by molar-refractivity contribution is -0.140. The van der Waals surface area contributed by atoms with Crippen molar-refractivity contribution in [1.29, 1.82) is 0 Å². The van der Waals surface area contributed by atoms with E-state index >= 15 is 0 Å². The van der Waals surface area contributed by atoms with Crippen molar-refractivity contribution in [1.82, 2.24) is 14.9 Å². The molecule has 1 aromatic carbocycles. The average molecular weight is 354 g/mol.